The minimum Gasteiger partial charge on any atom is -0.493 e. The van der Waals surface area contributed by atoms with Gasteiger partial charge in [-0.25, -0.2) is 5.43 Å². The predicted molar refractivity (Wildman–Crippen MR) is 117 cm³/mol. The summed E-state index contributed by atoms with van der Waals surface area (Å²) in [6.07, 6.45) is 2.60. The van der Waals surface area contributed by atoms with Crippen molar-refractivity contribution >= 4 is 33.7 Å². The summed E-state index contributed by atoms with van der Waals surface area (Å²) >= 11 is 3.37. The molecule has 0 aliphatic carbocycles. The van der Waals surface area contributed by atoms with E-state index in [1.165, 1.54) is 31.3 Å². The Morgan fingerprint density at radius 2 is 2.03 bits per heavy atom. The Kier molecular flexibility index (Phi) is 6.98. The largest absolute Gasteiger partial charge is 0.493 e. The number of carbonyl (C=O) groups is 1. The fourth-order valence-corrected chi connectivity index (χ4v) is 3.21. The van der Waals surface area contributed by atoms with E-state index in [1.807, 2.05) is 24.3 Å². The van der Waals surface area contributed by atoms with Crippen molar-refractivity contribution in [3.05, 3.63) is 80.1 Å². The van der Waals surface area contributed by atoms with Crippen LogP contribution < -0.4 is 14.9 Å². The Bertz CT molecular complexity index is 1140. The van der Waals surface area contributed by atoms with Crippen LogP contribution in [0.2, 0.25) is 0 Å². The van der Waals surface area contributed by atoms with Gasteiger partial charge < -0.3 is 9.47 Å². The second-order valence-corrected chi connectivity index (χ2v) is 7.18. The first kappa shape index (κ1) is 22.0. The van der Waals surface area contributed by atoms with Gasteiger partial charge in [0, 0.05) is 4.47 Å². The van der Waals surface area contributed by atoms with Gasteiger partial charge in [0.1, 0.15) is 6.20 Å². The van der Waals surface area contributed by atoms with Gasteiger partial charge in [0.2, 0.25) is 5.69 Å². The van der Waals surface area contributed by atoms with E-state index in [-0.39, 0.29) is 12.2 Å². The Morgan fingerprint density at radius 1 is 1.26 bits per heavy atom. The number of ether oxygens (including phenoxy) is 2. The smallest absolute Gasteiger partial charge is 0.320 e. The number of hydrogen-bond acceptors (Lipinski definition) is 7. The zero-order valence-corrected chi connectivity index (χ0v) is 18.2. The van der Waals surface area contributed by atoms with Crippen molar-refractivity contribution in [3.8, 4) is 11.5 Å². The fourth-order valence-electron chi connectivity index (χ4n) is 2.76. The van der Waals surface area contributed by atoms with E-state index in [0.29, 0.717) is 17.1 Å². The number of aromatic nitrogens is 2. The molecule has 1 aromatic heterocycles. The highest BCUT2D eigenvalue weighted by molar-refractivity contribution is 9.10. The first-order chi connectivity index (χ1) is 14.9. The second kappa shape index (κ2) is 9.85. The molecule has 31 heavy (non-hydrogen) atoms. The van der Waals surface area contributed by atoms with Crippen molar-refractivity contribution in [2.24, 2.45) is 5.10 Å². The molecule has 0 fully saturated rings. The maximum absolute atomic E-state index is 12.4. The molecule has 3 aromatic rings. The molecule has 0 saturated carbocycles. The van der Waals surface area contributed by atoms with Gasteiger partial charge in [0.15, 0.2) is 11.5 Å². The van der Waals surface area contributed by atoms with Crippen LogP contribution in [0.15, 0.2) is 58.2 Å². The molecular formula is C20H18BrN5O5. The van der Waals surface area contributed by atoms with E-state index in [0.717, 1.165) is 10.0 Å². The molecule has 0 bridgehead atoms. The lowest BCUT2D eigenvalue weighted by atomic mass is 10.2. The van der Waals surface area contributed by atoms with Crippen LogP contribution in [0, 0.1) is 10.1 Å². The zero-order chi connectivity index (χ0) is 22.4. The molecule has 0 saturated heterocycles. The second-order valence-electron chi connectivity index (χ2n) is 6.26. The third kappa shape index (κ3) is 5.45. The average Bonchev–Trinajstić information content (AvgIpc) is 3.17. The molecule has 3 rings (SSSR count). The molecular weight excluding hydrogens is 470 g/mol. The van der Waals surface area contributed by atoms with Crippen LogP contribution in [-0.4, -0.2) is 41.0 Å². The lowest BCUT2D eigenvalue weighted by Gasteiger charge is -2.07. The van der Waals surface area contributed by atoms with Crippen LogP contribution in [0.25, 0.3) is 0 Å². The van der Waals surface area contributed by atoms with Crippen molar-refractivity contribution < 1.29 is 19.2 Å². The lowest BCUT2D eigenvalue weighted by Crippen LogP contribution is -2.19. The van der Waals surface area contributed by atoms with Gasteiger partial charge in [-0.05, 0) is 41.5 Å². The molecule has 1 heterocycles. The Labute approximate surface area is 185 Å². The number of nitrogens with one attached hydrogen (secondary N) is 1. The Morgan fingerprint density at radius 3 is 2.71 bits per heavy atom. The number of amides is 1. The van der Waals surface area contributed by atoms with Gasteiger partial charge in [0.05, 0.1) is 31.9 Å². The van der Waals surface area contributed by atoms with Gasteiger partial charge in [-0.1, -0.05) is 28.1 Å². The van der Waals surface area contributed by atoms with Crippen molar-refractivity contribution in [1.82, 2.24) is 15.2 Å². The highest BCUT2D eigenvalue weighted by Crippen LogP contribution is 2.26. The van der Waals surface area contributed by atoms with Crippen molar-refractivity contribution in [3.63, 3.8) is 0 Å². The lowest BCUT2D eigenvalue weighted by molar-refractivity contribution is -0.385. The summed E-state index contributed by atoms with van der Waals surface area (Å²) in [5.74, 6) is 0.256. The minimum absolute atomic E-state index is 0.266. The summed E-state index contributed by atoms with van der Waals surface area (Å²) in [5, 5.41) is 19.3. The number of carbonyl (C=O) groups excluding carboxylic acids is 1. The first-order valence-electron chi connectivity index (χ1n) is 8.93. The van der Waals surface area contributed by atoms with Gasteiger partial charge in [0.25, 0.3) is 5.91 Å². The topological polar surface area (TPSA) is 121 Å². The molecule has 0 aliphatic rings. The summed E-state index contributed by atoms with van der Waals surface area (Å²) in [5.41, 5.74) is 3.03. The van der Waals surface area contributed by atoms with E-state index in [9.17, 15) is 14.9 Å². The van der Waals surface area contributed by atoms with Crippen LogP contribution in [-0.2, 0) is 6.54 Å². The summed E-state index contributed by atoms with van der Waals surface area (Å²) in [6.45, 7) is 0.266. The summed E-state index contributed by atoms with van der Waals surface area (Å²) < 4.78 is 12.6. The van der Waals surface area contributed by atoms with Crippen LogP contribution in [0.5, 0.6) is 11.5 Å². The number of methoxy groups -OCH3 is 2. The summed E-state index contributed by atoms with van der Waals surface area (Å²) in [4.78, 5) is 23.2. The highest BCUT2D eigenvalue weighted by atomic mass is 79.9. The average molecular weight is 488 g/mol. The molecule has 0 aliphatic heterocycles. The van der Waals surface area contributed by atoms with E-state index in [2.05, 4.69) is 31.6 Å². The first-order valence-corrected chi connectivity index (χ1v) is 9.72. The van der Waals surface area contributed by atoms with Crippen LogP contribution >= 0.6 is 15.9 Å². The summed E-state index contributed by atoms with van der Waals surface area (Å²) in [6, 6.07) is 12.5. The third-order valence-electron chi connectivity index (χ3n) is 4.18. The molecule has 1 amide bonds. The number of halogens is 1. The summed E-state index contributed by atoms with van der Waals surface area (Å²) in [7, 11) is 3.03. The van der Waals surface area contributed by atoms with Gasteiger partial charge in [-0.3, -0.25) is 19.6 Å². The van der Waals surface area contributed by atoms with E-state index >= 15 is 0 Å². The molecule has 1 N–H and O–H groups in total. The minimum atomic E-state index is -0.795. The van der Waals surface area contributed by atoms with Crippen LogP contribution in [0.1, 0.15) is 21.6 Å². The monoisotopic (exact) mass is 487 g/mol. The van der Waals surface area contributed by atoms with Gasteiger partial charge in [-0.15, -0.1) is 0 Å². The number of rotatable bonds is 8. The van der Waals surface area contributed by atoms with Crippen molar-refractivity contribution in [2.45, 2.75) is 6.54 Å². The highest BCUT2D eigenvalue weighted by Gasteiger charge is 2.25. The normalized spacial score (nSPS) is 10.8. The standard InChI is InChI=1S/C20H18BrN5O5/c1-30-17-7-6-13(9-18(17)31-2)10-22-23-20(27)19-16(26(28)29)12-25(24-19)11-14-4-3-5-15(21)8-14/h3-10,12H,11H2,1-2H3,(H,23,27)/b22-10-. The molecule has 11 heteroatoms. The predicted octanol–water partition coefficient (Wildman–Crippen LogP) is 3.38. The molecule has 0 spiro atoms. The number of hydrogen-bond donors (Lipinski definition) is 1. The maximum atomic E-state index is 12.4. The maximum Gasteiger partial charge on any atom is 0.320 e. The number of hydrazone groups is 1. The molecule has 2 aromatic carbocycles. The number of benzene rings is 2. The van der Waals surface area contributed by atoms with Crippen molar-refractivity contribution in [1.29, 1.82) is 0 Å². The Balaban J connectivity index is 1.75. The molecule has 0 radical (unpaired) electrons. The van der Waals surface area contributed by atoms with Crippen LogP contribution in [0.3, 0.4) is 0 Å². The third-order valence-corrected chi connectivity index (χ3v) is 4.67. The SMILES string of the molecule is COc1ccc(/C=N\NC(=O)c2nn(Cc3cccc(Br)c3)cc2[N+](=O)[O-])cc1OC. The van der Waals surface area contributed by atoms with E-state index in [1.54, 1.807) is 18.2 Å². The van der Waals surface area contributed by atoms with Crippen LogP contribution in [0.4, 0.5) is 5.69 Å². The fraction of sp³-hybridized carbons (Fsp3) is 0.150. The number of nitrogens with zero attached hydrogens (tertiary/aromatic N) is 4. The van der Waals surface area contributed by atoms with E-state index in [4.69, 9.17) is 9.47 Å². The van der Waals surface area contributed by atoms with Gasteiger partial charge in [-0.2, -0.15) is 10.2 Å². The van der Waals surface area contributed by atoms with Gasteiger partial charge >= 0.3 is 5.69 Å². The van der Waals surface area contributed by atoms with Crippen molar-refractivity contribution in [2.75, 3.05) is 14.2 Å². The van der Waals surface area contributed by atoms with E-state index < -0.39 is 16.5 Å². The molecule has 0 unspecified atom stereocenters. The molecule has 0 atom stereocenters. The zero-order valence-electron chi connectivity index (χ0n) is 16.6. The quantitative estimate of drug-likeness (QED) is 0.295. The molecule has 10 nitrogen and oxygen atoms in total. The Hall–Kier alpha value is -3.73. The number of nitro groups is 1. The molecule has 160 valence electrons.